The molecule has 0 aliphatic carbocycles. The summed E-state index contributed by atoms with van der Waals surface area (Å²) in [7, 11) is -3.50. The van der Waals surface area contributed by atoms with E-state index >= 15 is 0 Å². The van der Waals surface area contributed by atoms with Crippen molar-refractivity contribution in [2.75, 3.05) is 5.75 Å². The number of amides is 1. The fourth-order valence-corrected chi connectivity index (χ4v) is 5.22. The van der Waals surface area contributed by atoms with E-state index in [4.69, 9.17) is 0 Å². The second kappa shape index (κ2) is 10.1. The van der Waals surface area contributed by atoms with E-state index in [9.17, 15) is 31.5 Å². The first-order valence-electron chi connectivity index (χ1n) is 11.3. The van der Waals surface area contributed by atoms with Crippen LogP contribution in [0.3, 0.4) is 0 Å². The molecule has 1 aromatic carbocycles. The molecule has 0 saturated heterocycles. The molecule has 1 atom stereocenters. The number of hydrogen-bond donors (Lipinski definition) is 1. The lowest BCUT2D eigenvalue weighted by atomic mass is 10.0. The highest BCUT2D eigenvalue weighted by Crippen LogP contribution is 2.25. The predicted octanol–water partition coefficient (Wildman–Crippen LogP) is 3.67. The summed E-state index contributed by atoms with van der Waals surface area (Å²) in [5, 5.41) is 11.3. The molecule has 37 heavy (non-hydrogen) atoms. The average Bonchev–Trinajstić information content (AvgIpc) is 3.19. The molecular weight excluding hydrogens is 507 g/mol. The molecule has 1 aliphatic rings. The highest BCUT2D eigenvalue weighted by molar-refractivity contribution is 7.94. The lowest BCUT2D eigenvalue weighted by molar-refractivity contribution is -0.132. The van der Waals surface area contributed by atoms with Gasteiger partial charge in [-0.3, -0.25) is 14.8 Å². The van der Waals surface area contributed by atoms with Gasteiger partial charge in [0.15, 0.2) is 21.5 Å². The smallest absolute Gasteiger partial charge is 0.229 e. The molecule has 1 aliphatic heterocycles. The van der Waals surface area contributed by atoms with E-state index < -0.39 is 51.3 Å². The maximum atomic E-state index is 14.9. The number of rotatable bonds is 7. The summed E-state index contributed by atoms with van der Waals surface area (Å²) < 4.78 is 65.8. The summed E-state index contributed by atoms with van der Waals surface area (Å²) in [6, 6.07) is 6.67. The fraction of sp³-hybridized carbons (Fsp3) is 0.269. The van der Waals surface area contributed by atoms with Gasteiger partial charge in [0.1, 0.15) is 11.4 Å². The Labute approximate surface area is 212 Å². The van der Waals surface area contributed by atoms with E-state index in [2.05, 4.69) is 9.97 Å². The zero-order valence-electron chi connectivity index (χ0n) is 20.0. The van der Waals surface area contributed by atoms with Gasteiger partial charge in [-0.25, -0.2) is 21.6 Å². The SMILES string of the molecule is CC(C)(O)c1cc(CN(C(=O)Cc2ncc(-c3ccc(F)c(F)c3)cc2F)[C@@H]2C=CS(=O)(=O)C2)ccn1. The molecule has 0 spiro atoms. The molecule has 0 fully saturated rings. The Kier molecular flexibility index (Phi) is 7.20. The van der Waals surface area contributed by atoms with Crippen molar-refractivity contribution in [2.45, 2.75) is 38.5 Å². The van der Waals surface area contributed by atoms with E-state index in [1.54, 1.807) is 26.0 Å². The van der Waals surface area contributed by atoms with Crippen molar-refractivity contribution in [1.29, 1.82) is 0 Å². The zero-order valence-corrected chi connectivity index (χ0v) is 20.8. The molecule has 0 bridgehead atoms. The van der Waals surface area contributed by atoms with Crippen LogP contribution in [0.2, 0.25) is 0 Å². The van der Waals surface area contributed by atoms with Gasteiger partial charge in [-0.2, -0.15) is 0 Å². The second-order valence-electron chi connectivity index (χ2n) is 9.31. The molecule has 4 rings (SSSR count). The third kappa shape index (κ3) is 6.23. The van der Waals surface area contributed by atoms with Gasteiger partial charge in [0.2, 0.25) is 5.91 Å². The summed E-state index contributed by atoms with van der Waals surface area (Å²) in [6.07, 6.45) is 3.67. The van der Waals surface area contributed by atoms with E-state index in [1.165, 1.54) is 29.4 Å². The highest BCUT2D eigenvalue weighted by Gasteiger charge is 2.31. The van der Waals surface area contributed by atoms with Crippen LogP contribution in [0.4, 0.5) is 13.2 Å². The lowest BCUT2D eigenvalue weighted by Crippen LogP contribution is -2.41. The monoisotopic (exact) mass is 531 g/mol. The maximum absolute atomic E-state index is 14.9. The van der Waals surface area contributed by atoms with Crippen molar-refractivity contribution in [3.63, 3.8) is 0 Å². The number of carbonyl (C=O) groups is 1. The van der Waals surface area contributed by atoms with E-state index in [0.29, 0.717) is 11.3 Å². The Morgan fingerprint density at radius 2 is 1.78 bits per heavy atom. The van der Waals surface area contributed by atoms with Crippen molar-refractivity contribution in [3.05, 3.63) is 94.7 Å². The minimum Gasteiger partial charge on any atom is -0.384 e. The Balaban J connectivity index is 1.60. The number of sulfone groups is 1. The molecule has 0 unspecified atom stereocenters. The fourth-order valence-electron chi connectivity index (χ4n) is 3.92. The Hall–Kier alpha value is -3.57. The van der Waals surface area contributed by atoms with E-state index in [-0.39, 0.29) is 29.1 Å². The second-order valence-corrected chi connectivity index (χ2v) is 11.2. The van der Waals surface area contributed by atoms with Crippen LogP contribution in [0.5, 0.6) is 0 Å². The third-order valence-electron chi connectivity index (χ3n) is 5.92. The zero-order chi connectivity index (χ0) is 27.0. The van der Waals surface area contributed by atoms with Crippen molar-refractivity contribution >= 4 is 15.7 Å². The standard InChI is InChI=1S/C26H24F3N3O4S/c1-26(2,34)24-9-16(5-7-30-24)14-32(19-6-8-37(35,36)15-19)25(33)12-23-22(29)11-18(13-31-23)17-3-4-20(27)21(28)10-17/h3-11,13,19,34H,12,14-15H2,1-2H3/t19-/m1/s1. The number of aliphatic hydroxyl groups is 1. The third-order valence-corrected chi connectivity index (χ3v) is 7.30. The molecule has 7 nitrogen and oxygen atoms in total. The maximum Gasteiger partial charge on any atom is 0.229 e. The molecule has 3 aromatic rings. The quantitative estimate of drug-likeness (QED) is 0.500. The van der Waals surface area contributed by atoms with Crippen LogP contribution >= 0.6 is 0 Å². The summed E-state index contributed by atoms with van der Waals surface area (Å²) in [6.45, 7) is 3.11. The van der Waals surface area contributed by atoms with Gasteiger partial charge in [-0.05, 0) is 61.4 Å². The molecule has 3 heterocycles. The van der Waals surface area contributed by atoms with Crippen LogP contribution in [0.25, 0.3) is 11.1 Å². The summed E-state index contributed by atoms with van der Waals surface area (Å²) in [4.78, 5) is 22.8. The molecule has 1 N–H and O–H groups in total. The topological polar surface area (TPSA) is 100 Å². The molecule has 0 radical (unpaired) electrons. The number of halogens is 3. The Bertz CT molecular complexity index is 1490. The molecule has 2 aromatic heterocycles. The van der Waals surface area contributed by atoms with Crippen molar-refractivity contribution in [3.8, 4) is 11.1 Å². The normalized spacial score (nSPS) is 16.6. The molecular formula is C26H24F3N3O4S. The van der Waals surface area contributed by atoms with Gasteiger partial charge in [0.05, 0.1) is 29.6 Å². The summed E-state index contributed by atoms with van der Waals surface area (Å²) in [5.41, 5.74) is -0.0357. The van der Waals surface area contributed by atoms with E-state index in [0.717, 1.165) is 23.6 Å². The van der Waals surface area contributed by atoms with Crippen LogP contribution in [-0.4, -0.2) is 46.1 Å². The van der Waals surface area contributed by atoms with Crippen LogP contribution < -0.4 is 0 Å². The Morgan fingerprint density at radius 3 is 2.41 bits per heavy atom. The molecule has 11 heteroatoms. The minimum atomic E-state index is -3.50. The predicted molar refractivity (Wildman–Crippen MR) is 130 cm³/mol. The average molecular weight is 532 g/mol. The first-order chi connectivity index (χ1) is 17.3. The van der Waals surface area contributed by atoms with Gasteiger partial charge < -0.3 is 10.0 Å². The van der Waals surface area contributed by atoms with Crippen LogP contribution in [0, 0.1) is 17.5 Å². The van der Waals surface area contributed by atoms with Crippen LogP contribution in [0.15, 0.2) is 60.3 Å². The number of carbonyl (C=O) groups excluding carboxylic acids is 1. The first kappa shape index (κ1) is 26.5. The van der Waals surface area contributed by atoms with Crippen molar-refractivity contribution in [2.24, 2.45) is 0 Å². The van der Waals surface area contributed by atoms with Crippen LogP contribution in [-0.2, 0) is 33.2 Å². The van der Waals surface area contributed by atoms with Gasteiger partial charge in [0, 0.05) is 29.9 Å². The van der Waals surface area contributed by atoms with Gasteiger partial charge in [0.25, 0.3) is 0 Å². The lowest BCUT2D eigenvalue weighted by Gasteiger charge is -2.28. The molecule has 1 amide bonds. The summed E-state index contributed by atoms with van der Waals surface area (Å²) >= 11 is 0. The summed E-state index contributed by atoms with van der Waals surface area (Å²) in [5.74, 6) is -3.83. The minimum absolute atomic E-state index is 0.0104. The van der Waals surface area contributed by atoms with Gasteiger partial charge in [-0.15, -0.1) is 0 Å². The number of benzene rings is 1. The first-order valence-corrected chi connectivity index (χ1v) is 13.0. The van der Waals surface area contributed by atoms with Crippen molar-refractivity contribution in [1.82, 2.24) is 14.9 Å². The molecule has 0 saturated carbocycles. The highest BCUT2D eigenvalue weighted by atomic mass is 32.2. The van der Waals surface area contributed by atoms with Crippen LogP contribution in [0.1, 0.15) is 30.8 Å². The number of hydrogen-bond acceptors (Lipinski definition) is 6. The largest absolute Gasteiger partial charge is 0.384 e. The van der Waals surface area contributed by atoms with Crippen molar-refractivity contribution < 1.29 is 31.5 Å². The number of nitrogens with zero attached hydrogens (tertiary/aromatic N) is 3. The Morgan fingerprint density at radius 1 is 1.05 bits per heavy atom. The number of aromatic nitrogens is 2. The van der Waals surface area contributed by atoms with E-state index in [1.807, 2.05) is 0 Å². The molecule has 194 valence electrons. The van der Waals surface area contributed by atoms with Gasteiger partial charge >= 0.3 is 0 Å². The number of pyridine rings is 2. The van der Waals surface area contributed by atoms with Gasteiger partial charge in [-0.1, -0.05) is 6.07 Å².